The number of carbonyl (C=O) groups excluding carboxylic acids is 1. The van der Waals surface area contributed by atoms with Crippen LogP contribution in [0.15, 0.2) is 60.8 Å². The zero-order valence-corrected chi connectivity index (χ0v) is 47.6. The standard InChI is InChI=1S/C61H115N2O6P/c1-6-8-10-12-14-16-18-20-22-24-26-28-29-30-31-32-33-35-36-38-40-42-44-46-48-50-52-54-60(64)59(58-69-70(66,67)68-57-56-63(3,4)5)62-61(65)55-53-51-49-47-45-43-41-39-37-34-27-25-23-21-19-17-15-13-11-9-7-2/h19,21,25,27,36,38,44,46,52,54,59-60,64H,6-18,20,22-24,26,28-35,37,39-43,45,47-51,53,55-58H2,1-5H3,(H-,62,65,66,67)/b21-19-,27-25-,38-36+,46-44+,54-52+. The third kappa shape index (κ3) is 54.0. The van der Waals surface area contributed by atoms with Crippen molar-refractivity contribution in [3.8, 4) is 0 Å². The summed E-state index contributed by atoms with van der Waals surface area (Å²) >= 11 is 0. The van der Waals surface area contributed by atoms with Crippen molar-refractivity contribution in [3.05, 3.63) is 60.8 Å². The van der Waals surface area contributed by atoms with Gasteiger partial charge < -0.3 is 28.8 Å². The van der Waals surface area contributed by atoms with E-state index in [4.69, 9.17) is 9.05 Å². The minimum atomic E-state index is -4.61. The topological polar surface area (TPSA) is 108 Å². The number of nitrogens with zero attached hydrogens (tertiary/aromatic N) is 1. The maximum atomic E-state index is 13.0. The van der Waals surface area contributed by atoms with Gasteiger partial charge in [-0.2, -0.15) is 0 Å². The van der Waals surface area contributed by atoms with Crippen molar-refractivity contribution in [1.29, 1.82) is 0 Å². The molecule has 0 saturated carbocycles. The lowest BCUT2D eigenvalue weighted by molar-refractivity contribution is -0.870. The Kier molecular flexibility index (Phi) is 50.7. The molecular formula is C61H115N2O6P. The van der Waals surface area contributed by atoms with Crippen LogP contribution in [0.3, 0.4) is 0 Å². The molecule has 410 valence electrons. The predicted octanol–water partition coefficient (Wildman–Crippen LogP) is 17.5. The van der Waals surface area contributed by atoms with Crippen LogP contribution >= 0.6 is 7.82 Å². The van der Waals surface area contributed by atoms with E-state index in [1.54, 1.807) is 6.08 Å². The van der Waals surface area contributed by atoms with E-state index >= 15 is 0 Å². The molecule has 0 aliphatic carbocycles. The number of rotatable bonds is 54. The summed E-state index contributed by atoms with van der Waals surface area (Å²) in [4.78, 5) is 25.5. The number of allylic oxidation sites excluding steroid dienone is 9. The number of likely N-dealkylation sites (N-methyl/N-ethyl adjacent to an activating group) is 1. The number of hydrogen-bond donors (Lipinski definition) is 2. The zero-order chi connectivity index (χ0) is 51.3. The number of phosphoric acid groups is 1. The largest absolute Gasteiger partial charge is 0.756 e. The van der Waals surface area contributed by atoms with Gasteiger partial charge in [0.25, 0.3) is 7.82 Å². The monoisotopic (exact) mass is 1000 g/mol. The second-order valence-corrected chi connectivity index (χ2v) is 22.7. The number of amides is 1. The lowest BCUT2D eigenvalue weighted by Gasteiger charge is -2.29. The van der Waals surface area contributed by atoms with E-state index in [1.165, 1.54) is 199 Å². The van der Waals surface area contributed by atoms with Gasteiger partial charge in [-0.1, -0.05) is 248 Å². The number of phosphoric ester groups is 1. The van der Waals surface area contributed by atoms with Crippen molar-refractivity contribution in [1.82, 2.24) is 5.32 Å². The van der Waals surface area contributed by atoms with Gasteiger partial charge in [-0.05, 0) is 77.0 Å². The molecule has 3 atom stereocenters. The highest BCUT2D eigenvalue weighted by Gasteiger charge is 2.23. The first-order chi connectivity index (χ1) is 34.0. The predicted molar refractivity (Wildman–Crippen MR) is 302 cm³/mol. The maximum Gasteiger partial charge on any atom is 0.268 e. The quantitative estimate of drug-likeness (QED) is 0.0272. The van der Waals surface area contributed by atoms with Crippen LogP contribution in [0.5, 0.6) is 0 Å². The second-order valence-electron chi connectivity index (χ2n) is 21.3. The summed E-state index contributed by atoms with van der Waals surface area (Å²) in [5, 5.41) is 13.9. The first-order valence-electron chi connectivity index (χ1n) is 29.7. The Hall–Kier alpha value is -1.80. The van der Waals surface area contributed by atoms with Crippen LogP contribution in [0, 0.1) is 0 Å². The number of aliphatic hydroxyl groups excluding tert-OH is 1. The Labute approximate surface area is 434 Å². The highest BCUT2D eigenvalue weighted by atomic mass is 31.2. The third-order valence-electron chi connectivity index (χ3n) is 13.2. The summed E-state index contributed by atoms with van der Waals surface area (Å²) in [7, 11) is 1.23. The highest BCUT2D eigenvalue weighted by Crippen LogP contribution is 2.38. The Morgan fingerprint density at radius 1 is 0.500 bits per heavy atom. The average molecular weight is 1000 g/mol. The molecule has 3 unspecified atom stereocenters. The van der Waals surface area contributed by atoms with Crippen molar-refractivity contribution >= 4 is 13.7 Å². The van der Waals surface area contributed by atoms with Gasteiger partial charge in [0.05, 0.1) is 39.9 Å². The molecule has 70 heavy (non-hydrogen) atoms. The van der Waals surface area contributed by atoms with Crippen LogP contribution in [0.25, 0.3) is 0 Å². The molecule has 0 bridgehead atoms. The number of nitrogens with one attached hydrogen (secondary N) is 1. The van der Waals surface area contributed by atoms with Gasteiger partial charge in [0, 0.05) is 6.42 Å². The molecule has 8 nitrogen and oxygen atoms in total. The lowest BCUT2D eigenvalue weighted by Crippen LogP contribution is -2.45. The first kappa shape index (κ1) is 68.2. The van der Waals surface area contributed by atoms with Crippen molar-refractivity contribution in [2.24, 2.45) is 0 Å². The van der Waals surface area contributed by atoms with E-state index in [2.05, 4.69) is 67.8 Å². The SMILES string of the molecule is CCCCCCC/C=C\C/C=C\CCCCCCCCCCCC(=O)NC(COP(=O)([O-])OCC[N+](C)(C)C)C(O)/C=C/CC/C=C/CC/C=C/CCCCCCCCCCCCCCCCCCC. The first-order valence-corrected chi connectivity index (χ1v) is 31.1. The molecule has 0 aliphatic rings. The van der Waals surface area contributed by atoms with E-state index < -0.39 is 26.6 Å². The van der Waals surface area contributed by atoms with E-state index in [-0.39, 0.29) is 12.5 Å². The van der Waals surface area contributed by atoms with Gasteiger partial charge >= 0.3 is 0 Å². The number of quaternary nitrogens is 1. The van der Waals surface area contributed by atoms with Crippen molar-refractivity contribution in [3.63, 3.8) is 0 Å². The van der Waals surface area contributed by atoms with Crippen molar-refractivity contribution in [2.45, 2.75) is 283 Å². The summed E-state index contributed by atoms with van der Waals surface area (Å²) in [6.07, 6.45) is 70.2. The van der Waals surface area contributed by atoms with Gasteiger partial charge in [0.2, 0.25) is 5.91 Å². The van der Waals surface area contributed by atoms with Gasteiger partial charge in [0.1, 0.15) is 13.2 Å². The van der Waals surface area contributed by atoms with Gasteiger partial charge in [-0.15, -0.1) is 0 Å². The smallest absolute Gasteiger partial charge is 0.268 e. The van der Waals surface area contributed by atoms with Gasteiger partial charge in [-0.3, -0.25) is 9.36 Å². The zero-order valence-electron chi connectivity index (χ0n) is 46.7. The number of hydrogen-bond acceptors (Lipinski definition) is 6. The normalized spacial score (nSPS) is 14.3. The molecule has 0 rings (SSSR count). The molecular weight excluding hydrogens is 888 g/mol. The second kappa shape index (κ2) is 52.1. The van der Waals surface area contributed by atoms with E-state index in [1.807, 2.05) is 27.2 Å². The summed E-state index contributed by atoms with van der Waals surface area (Å²) < 4.78 is 23.3. The van der Waals surface area contributed by atoms with Crippen LogP contribution in [-0.2, 0) is 18.4 Å². The lowest BCUT2D eigenvalue weighted by atomic mass is 10.0. The fourth-order valence-corrected chi connectivity index (χ4v) is 9.23. The van der Waals surface area contributed by atoms with Crippen LogP contribution < -0.4 is 10.2 Å². The molecule has 0 fully saturated rings. The maximum absolute atomic E-state index is 13.0. The van der Waals surface area contributed by atoms with Crippen LogP contribution in [0.2, 0.25) is 0 Å². The Morgan fingerprint density at radius 3 is 1.24 bits per heavy atom. The minimum absolute atomic E-state index is 0.0115. The van der Waals surface area contributed by atoms with Crippen molar-refractivity contribution in [2.75, 3.05) is 40.9 Å². The van der Waals surface area contributed by atoms with E-state index in [0.717, 1.165) is 51.4 Å². The summed E-state index contributed by atoms with van der Waals surface area (Å²) in [6, 6.07) is -0.915. The van der Waals surface area contributed by atoms with Crippen LogP contribution in [-0.4, -0.2) is 68.5 Å². The van der Waals surface area contributed by atoms with Gasteiger partial charge in [-0.25, -0.2) is 0 Å². The number of unbranched alkanes of at least 4 members (excludes halogenated alkanes) is 33. The van der Waals surface area contributed by atoms with Crippen LogP contribution in [0.1, 0.15) is 271 Å². The molecule has 0 aromatic rings. The molecule has 0 aromatic carbocycles. The third-order valence-corrected chi connectivity index (χ3v) is 14.1. The number of aliphatic hydroxyl groups is 1. The molecule has 9 heteroatoms. The molecule has 2 N–H and O–H groups in total. The van der Waals surface area contributed by atoms with Gasteiger partial charge in [0.15, 0.2) is 0 Å². The molecule has 1 amide bonds. The molecule has 0 saturated heterocycles. The number of carbonyl (C=O) groups is 1. The van der Waals surface area contributed by atoms with E-state index in [9.17, 15) is 19.4 Å². The molecule has 0 radical (unpaired) electrons. The van der Waals surface area contributed by atoms with Crippen LogP contribution in [0.4, 0.5) is 0 Å². The Morgan fingerprint density at radius 2 is 0.843 bits per heavy atom. The minimum Gasteiger partial charge on any atom is -0.756 e. The fourth-order valence-electron chi connectivity index (χ4n) is 8.51. The summed E-state index contributed by atoms with van der Waals surface area (Å²) in [6.45, 7) is 4.63. The Bertz CT molecular complexity index is 1320. The Balaban J connectivity index is 4.28. The molecule has 0 heterocycles. The fraction of sp³-hybridized carbons (Fsp3) is 0.820. The summed E-state index contributed by atoms with van der Waals surface area (Å²) in [5.41, 5.74) is 0. The van der Waals surface area contributed by atoms with Crippen molar-refractivity contribution < 1.29 is 32.9 Å². The molecule has 0 aromatic heterocycles. The molecule has 0 spiro atoms. The summed E-state index contributed by atoms with van der Waals surface area (Å²) in [5.74, 6) is -0.215. The highest BCUT2D eigenvalue weighted by molar-refractivity contribution is 7.45. The molecule has 0 aliphatic heterocycles. The van der Waals surface area contributed by atoms with E-state index in [0.29, 0.717) is 17.4 Å². The average Bonchev–Trinajstić information content (AvgIpc) is 3.32.